The third-order valence-electron chi connectivity index (χ3n) is 3.99. The number of aromatic nitrogens is 1. The van der Waals surface area contributed by atoms with E-state index < -0.39 is 0 Å². The molecule has 5 nitrogen and oxygen atoms in total. The number of benzene rings is 1. The van der Waals surface area contributed by atoms with Crippen LogP contribution in [0.1, 0.15) is 16.8 Å². The number of aryl methyl sites for hydroxylation is 1. The molecule has 2 heterocycles. The second-order valence-corrected chi connectivity index (χ2v) is 5.73. The summed E-state index contributed by atoms with van der Waals surface area (Å²) in [6.07, 6.45) is 3.28. The van der Waals surface area contributed by atoms with Crippen molar-refractivity contribution >= 4 is 6.03 Å². The number of carbonyl (C=O) groups excluding carboxylic acids is 1. The highest BCUT2D eigenvalue weighted by molar-refractivity contribution is 5.74. The number of hydrogen-bond donors (Lipinski definition) is 2. The molecule has 0 spiro atoms. The summed E-state index contributed by atoms with van der Waals surface area (Å²) in [5.41, 5.74) is 3.35. The third kappa shape index (κ3) is 4.00. The molecule has 0 radical (unpaired) electrons. The minimum Gasteiger partial charge on any atom is -0.491 e. The van der Waals surface area contributed by atoms with Crippen LogP contribution in [0, 0.1) is 6.92 Å². The molecule has 1 aliphatic rings. The van der Waals surface area contributed by atoms with Gasteiger partial charge in [0.1, 0.15) is 12.4 Å². The Balaban J connectivity index is 1.46. The predicted molar refractivity (Wildman–Crippen MR) is 88.6 cm³/mol. The van der Waals surface area contributed by atoms with Gasteiger partial charge in [-0.05, 0) is 42.7 Å². The van der Waals surface area contributed by atoms with Crippen LogP contribution in [0.5, 0.6) is 5.75 Å². The van der Waals surface area contributed by atoms with Crippen LogP contribution in [0.15, 0.2) is 42.6 Å². The number of fused-ring (bicyclic) bond motifs is 1. The summed E-state index contributed by atoms with van der Waals surface area (Å²) in [5, 5.41) is 5.85. The molecule has 1 atom stereocenters. The third-order valence-corrected chi connectivity index (χ3v) is 3.99. The van der Waals surface area contributed by atoms with Gasteiger partial charge in [-0.25, -0.2) is 4.79 Å². The topological polar surface area (TPSA) is 63.2 Å². The van der Waals surface area contributed by atoms with Gasteiger partial charge in [0.25, 0.3) is 0 Å². The largest absolute Gasteiger partial charge is 0.491 e. The smallest absolute Gasteiger partial charge is 0.315 e. The number of rotatable bonds is 4. The summed E-state index contributed by atoms with van der Waals surface area (Å²) in [7, 11) is 0. The van der Waals surface area contributed by atoms with Gasteiger partial charge in [-0.2, -0.15) is 0 Å². The fourth-order valence-corrected chi connectivity index (χ4v) is 2.75. The van der Waals surface area contributed by atoms with Crippen LogP contribution in [0.4, 0.5) is 4.79 Å². The Morgan fingerprint density at radius 3 is 3.04 bits per heavy atom. The van der Waals surface area contributed by atoms with Crippen LogP contribution in [-0.4, -0.2) is 30.2 Å². The van der Waals surface area contributed by atoms with Crippen LogP contribution in [0.25, 0.3) is 0 Å². The standard InChI is InChI=1S/C18H21N3O2/c1-13-5-4-7-17-16(13)11-15(12-23-17)21-18(22)20-10-8-14-6-2-3-9-19-14/h2-7,9,15H,8,10-12H2,1H3,(H2,20,21,22). The molecule has 0 saturated heterocycles. The fraction of sp³-hybridized carbons (Fsp3) is 0.333. The summed E-state index contributed by atoms with van der Waals surface area (Å²) in [6, 6.07) is 11.7. The number of nitrogens with one attached hydrogen (secondary N) is 2. The van der Waals surface area contributed by atoms with Crippen LogP contribution in [-0.2, 0) is 12.8 Å². The number of hydrogen-bond acceptors (Lipinski definition) is 3. The molecule has 23 heavy (non-hydrogen) atoms. The average Bonchev–Trinajstić information content (AvgIpc) is 2.57. The Labute approximate surface area is 136 Å². The first-order valence-electron chi connectivity index (χ1n) is 7.88. The van der Waals surface area contributed by atoms with Crippen molar-refractivity contribution < 1.29 is 9.53 Å². The predicted octanol–water partition coefficient (Wildman–Crippen LogP) is 2.24. The molecule has 120 valence electrons. The molecule has 1 unspecified atom stereocenters. The van der Waals surface area contributed by atoms with E-state index in [1.807, 2.05) is 30.3 Å². The average molecular weight is 311 g/mol. The van der Waals surface area contributed by atoms with Gasteiger partial charge in [-0.3, -0.25) is 4.98 Å². The Morgan fingerprint density at radius 1 is 1.30 bits per heavy atom. The molecule has 1 aliphatic heterocycles. The Kier molecular flexibility index (Phi) is 4.76. The fourth-order valence-electron chi connectivity index (χ4n) is 2.75. The molecule has 0 bridgehead atoms. The molecule has 1 aromatic carbocycles. The zero-order chi connectivity index (χ0) is 16.1. The van der Waals surface area contributed by atoms with Crippen LogP contribution < -0.4 is 15.4 Å². The number of nitrogens with zero attached hydrogens (tertiary/aromatic N) is 1. The molecular formula is C18H21N3O2. The van der Waals surface area contributed by atoms with Gasteiger partial charge in [-0.15, -0.1) is 0 Å². The lowest BCUT2D eigenvalue weighted by atomic mass is 9.98. The highest BCUT2D eigenvalue weighted by Gasteiger charge is 2.22. The molecule has 0 aliphatic carbocycles. The minimum atomic E-state index is -0.161. The van der Waals surface area contributed by atoms with E-state index in [4.69, 9.17) is 4.74 Å². The molecule has 2 aromatic rings. The van der Waals surface area contributed by atoms with Gasteiger partial charge in [0, 0.05) is 24.9 Å². The van der Waals surface area contributed by atoms with E-state index in [1.54, 1.807) is 6.20 Å². The van der Waals surface area contributed by atoms with Gasteiger partial charge < -0.3 is 15.4 Å². The Bertz CT molecular complexity index is 673. The van der Waals surface area contributed by atoms with Crippen molar-refractivity contribution in [1.29, 1.82) is 0 Å². The number of pyridine rings is 1. The maximum absolute atomic E-state index is 12.0. The molecule has 0 fully saturated rings. The SMILES string of the molecule is Cc1cccc2c1CC(NC(=O)NCCc1ccccn1)CO2. The van der Waals surface area contributed by atoms with Crippen molar-refractivity contribution in [2.24, 2.45) is 0 Å². The van der Waals surface area contributed by atoms with Gasteiger partial charge in [0.05, 0.1) is 6.04 Å². The lowest BCUT2D eigenvalue weighted by molar-refractivity contribution is 0.214. The first kappa shape index (κ1) is 15.3. The summed E-state index contributed by atoms with van der Waals surface area (Å²) in [6.45, 7) is 3.13. The molecule has 2 N–H and O–H groups in total. The highest BCUT2D eigenvalue weighted by Crippen LogP contribution is 2.27. The monoisotopic (exact) mass is 311 g/mol. The summed E-state index contributed by atoms with van der Waals surface area (Å²) in [4.78, 5) is 16.2. The van der Waals surface area contributed by atoms with E-state index in [0.29, 0.717) is 13.2 Å². The Morgan fingerprint density at radius 2 is 2.22 bits per heavy atom. The number of amides is 2. The molecule has 1 aromatic heterocycles. The van der Waals surface area contributed by atoms with Gasteiger partial charge in [0.15, 0.2) is 0 Å². The van der Waals surface area contributed by atoms with Crippen molar-refractivity contribution in [2.45, 2.75) is 25.8 Å². The summed E-state index contributed by atoms with van der Waals surface area (Å²) in [5.74, 6) is 0.929. The van der Waals surface area contributed by atoms with Gasteiger partial charge in [-0.1, -0.05) is 18.2 Å². The Hall–Kier alpha value is -2.56. The van der Waals surface area contributed by atoms with Crippen LogP contribution in [0.3, 0.4) is 0 Å². The number of carbonyl (C=O) groups is 1. The normalized spacial score (nSPS) is 16.1. The van der Waals surface area contributed by atoms with Crippen molar-refractivity contribution in [1.82, 2.24) is 15.6 Å². The first-order valence-corrected chi connectivity index (χ1v) is 7.88. The van der Waals surface area contributed by atoms with E-state index in [0.717, 1.165) is 24.3 Å². The van der Waals surface area contributed by atoms with Gasteiger partial charge >= 0.3 is 6.03 Å². The molecule has 2 amide bonds. The van der Waals surface area contributed by atoms with E-state index in [9.17, 15) is 4.79 Å². The lowest BCUT2D eigenvalue weighted by Crippen LogP contribution is -2.47. The summed E-state index contributed by atoms with van der Waals surface area (Å²) >= 11 is 0. The lowest BCUT2D eigenvalue weighted by Gasteiger charge is -2.27. The highest BCUT2D eigenvalue weighted by atomic mass is 16.5. The van der Waals surface area contributed by atoms with E-state index in [1.165, 1.54) is 11.1 Å². The number of ether oxygens (including phenoxy) is 1. The molecular weight excluding hydrogens is 290 g/mol. The molecule has 5 heteroatoms. The van der Waals surface area contributed by atoms with Crippen molar-refractivity contribution in [3.05, 3.63) is 59.4 Å². The van der Waals surface area contributed by atoms with E-state index in [-0.39, 0.29) is 12.1 Å². The molecule has 0 saturated carbocycles. The second-order valence-electron chi connectivity index (χ2n) is 5.73. The minimum absolute atomic E-state index is 0.00143. The van der Waals surface area contributed by atoms with Crippen molar-refractivity contribution in [2.75, 3.05) is 13.2 Å². The first-order chi connectivity index (χ1) is 11.2. The quantitative estimate of drug-likeness (QED) is 0.910. The van der Waals surface area contributed by atoms with Crippen molar-refractivity contribution in [3.8, 4) is 5.75 Å². The van der Waals surface area contributed by atoms with Gasteiger partial charge in [0.2, 0.25) is 0 Å². The van der Waals surface area contributed by atoms with Crippen LogP contribution >= 0.6 is 0 Å². The van der Waals surface area contributed by atoms with E-state index in [2.05, 4.69) is 28.6 Å². The van der Waals surface area contributed by atoms with Crippen molar-refractivity contribution in [3.63, 3.8) is 0 Å². The molecule has 3 rings (SSSR count). The maximum atomic E-state index is 12.0. The van der Waals surface area contributed by atoms with E-state index >= 15 is 0 Å². The van der Waals surface area contributed by atoms with Crippen LogP contribution in [0.2, 0.25) is 0 Å². The zero-order valence-electron chi connectivity index (χ0n) is 13.2. The summed E-state index contributed by atoms with van der Waals surface area (Å²) < 4.78 is 5.74. The maximum Gasteiger partial charge on any atom is 0.315 e. The second kappa shape index (κ2) is 7.13. The number of urea groups is 1. The zero-order valence-corrected chi connectivity index (χ0v) is 13.2.